The SMILES string of the molecule is C[C@H](NC(=O)[C@H](C)NC(=O)[C@H](Cc1ccc([N+](=O)[O-])cc1)NC=O)C(N)=O. The van der Waals surface area contributed by atoms with Crippen LogP contribution in [-0.2, 0) is 25.6 Å². The predicted octanol–water partition coefficient (Wildman–Crippen LogP) is -1.25. The second-order valence-electron chi connectivity index (χ2n) is 5.83. The quantitative estimate of drug-likeness (QED) is 0.224. The number of nitro groups is 1. The second-order valence-corrected chi connectivity index (χ2v) is 5.83. The van der Waals surface area contributed by atoms with Crippen molar-refractivity contribution in [3.05, 3.63) is 39.9 Å². The minimum atomic E-state index is -0.993. The molecule has 0 aliphatic heterocycles. The highest BCUT2D eigenvalue weighted by atomic mass is 16.6. The Hall–Kier alpha value is -3.50. The van der Waals surface area contributed by atoms with Gasteiger partial charge in [0.25, 0.3) is 5.69 Å². The van der Waals surface area contributed by atoms with Gasteiger partial charge in [0.05, 0.1) is 4.92 Å². The summed E-state index contributed by atoms with van der Waals surface area (Å²) in [4.78, 5) is 56.1. The number of carbonyl (C=O) groups is 4. The molecule has 1 aromatic carbocycles. The lowest BCUT2D eigenvalue weighted by Gasteiger charge is -2.20. The Morgan fingerprint density at radius 1 is 1.11 bits per heavy atom. The number of carbonyl (C=O) groups excluding carboxylic acids is 4. The van der Waals surface area contributed by atoms with Crippen LogP contribution in [0.2, 0.25) is 0 Å². The summed E-state index contributed by atoms with van der Waals surface area (Å²) in [6.07, 6.45) is 0.407. The molecule has 27 heavy (non-hydrogen) atoms. The molecular formula is C16H21N5O6. The first-order chi connectivity index (χ1) is 12.6. The summed E-state index contributed by atoms with van der Waals surface area (Å²) in [6, 6.07) is 2.63. The van der Waals surface area contributed by atoms with Gasteiger partial charge in [-0.3, -0.25) is 29.3 Å². The van der Waals surface area contributed by atoms with Crippen LogP contribution in [0.15, 0.2) is 24.3 Å². The van der Waals surface area contributed by atoms with Gasteiger partial charge in [0.15, 0.2) is 0 Å². The molecule has 0 aromatic heterocycles. The molecule has 0 fully saturated rings. The molecule has 0 unspecified atom stereocenters. The van der Waals surface area contributed by atoms with Crippen LogP contribution in [0, 0.1) is 10.1 Å². The van der Waals surface area contributed by atoms with Crippen molar-refractivity contribution < 1.29 is 24.1 Å². The Kier molecular flexibility index (Phi) is 7.86. The molecule has 11 heteroatoms. The molecule has 3 atom stereocenters. The van der Waals surface area contributed by atoms with Crippen molar-refractivity contribution in [2.45, 2.75) is 38.4 Å². The van der Waals surface area contributed by atoms with Gasteiger partial charge in [-0.05, 0) is 19.4 Å². The van der Waals surface area contributed by atoms with Crippen LogP contribution in [0.3, 0.4) is 0 Å². The van der Waals surface area contributed by atoms with Crippen LogP contribution in [-0.4, -0.2) is 47.2 Å². The minimum Gasteiger partial charge on any atom is -0.368 e. The number of nitrogens with one attached hydrogen (secondary N) is 3. The van der Waals surface area contributed by atoms with E-state index in [0.717, 1.165) is 0 Å². The largest absolute Gasteiger partial charge is 0.368 e. The maximum atomic E-state index is 12.3. The third kappa shape index (κ3) is 6.72. The van der Waals surface area contributed by atoms with Gasteiger partial charge in [-0.1, -0.05) is 12.1 Å². The molecule has 0 aliphatic carbocycles. The lowest BCUT2D eigenvalue weighted by molar-refractivity contribution is -0.384. The van der Waals surface area contributed by atoms with E-state index in [1.54, 1.807) is 0 Å². The maximum Gasteiger partial charge on any atom is 0.269 e. The Labute approximate surface area is 154 Å². The van der Waals surface area contributed by atoms with Crippen molar-refractivity contribution in [2.24, 2.45) is 5.73 Å². The van der Waals surface area contributed by atoms with Crippen LogP contribution >= 0.6 is 0 Å². The molecule has 11 nitrogen and oxygen atoms in total. The fourth-order valence-electron chi connectivity index (χ4n) is 2.09. The van der Waals surface area contributed by atoms with Crippen LogP contribution < -0.4 is 21.7 Å². The van der Waals surface area contributed by atoms with Crippen LogP contribution in [0.1, 0.15) is 19.4 Å². The highest BCUT2D eigenvalue weighted by molar-refractivity contribution is 5.92. The second kappa shape index (κ2) is 9.85. The van der Waals surface area contributed by atoms with E-state index in [1.165, 1.54) is 38.1 Å². The monoisotopic (exact) mass is 379 g/mol. The number of benzene rings is 1. The van der Waals surface area contributed by atoms with E-state index in [2.05, 4.69) is 16.0 Å². The fourth-order valence-corrected chi connectivity index (χ4v) is 2.09. The highest BCUT2D eigenvalue weighted by Crippen LogP contribution is 2.13. The predicted molar refractivity (Wildman–Crippen MR) is 94.2 cm³/mol. The molecule has 0 radical (unpaired) electrons. The molecule has 0 saturated carbocycles. The summed E-state index contributed by atoms with van der Waals surface area (Å²) >= 11 is 0. The van der Waals surface area contributed by atoms with Gasteiger partial charge in [-0.2, -0.15) is 0 Å². The highest BCUT2D eigenvalue weighted by Gasteiger charge is 2.24. The average molecular weight is 379 g/mol. The maximum absolute atomic E-state index is 12.3. The molecule has 0 spiro atoms. The van der Waals surface area contributed by atoms with Gasteiger partial charge in [0, 0.05) is 18.6 Å². The molecule has 0 bridgehead atoms. The number of non-ortho nitro benzene ring substituents is 1. The van der Waals surface area contributed by atoms with Crippen LogP contribution in [0.25, 0.3) is 0 Å². The van der Waals surface area contributed by atoms with Crippen LogP contribution in [0.5, 0.6) is 0 Å². The summed E-state index contributed by atoms with van der Waals surface area (Å²) in [5.74, 6) is -1.97. The van der Waals surface area contributed by atoms with Gasteiger partial charge in [-0.25, -0.2) is 0 Å². The number of primary amides is 1. The third-order valence-corrected chi connectivity index (χ3v) is 3.71. The summed E-state index contributed by atoms with van der Waals surface area (Å²) < 4.78 is 0. The van der Waals surface area contributed by atoms with Crippen LogP contribution in [0.4, 0.5) is 5.69 Å². The van der Waals surface area contributed by atoms with E-state index in [-0.39, 0.29) is 12.1 Å². The van der Waals surface area contributed by atoms with Gasteiger partial charge >= 0.3 is 0 Å². The van der Waals surface area contributed by atoms with Crippen molar-refractivity contribution in [3.63, 3.8) is 0 Å². The number of nitrogens with zero attached hydrogens (tertiary/aromatic N) is 1. The lowest BCUT2D eigenvalue weighted by Crippen LogP contribution is -2.54. The average Bonchev–Trinajstić information content (AvgIpc) is 2.61. The smallest absolute Gasteiger partial charge is 0.269 e. The van der Waals surface area contributed by atoms with Crippen molar-refractivity contribution >= 4 is 29.8 Å². The van der Waals surface area contributed by atoms with Crippen molar-refractivity contribution in [1.82, 2.24) is 16.0 Å². The zero-order chi connectivity index (χ0) is 20.6. The van der Waals surface area contributed by atoms with E-state index in [9.17, 15) is 29.3 Å². The van der Waals surface area contributed by atoms with Crippen molar-refractivity contribution in [3.8, 4) is 0 Å². The molecule has 0 heterocycles. The number of nitrogens with two attached hydrogens (primary N) is 1. The number of nitro benzene ring substituents is 1. The first kappa shape index (κ1) is 21.5. The number of hydrogen-bond acceptors (Lipinski definition) is 6. The standard InChI is InChI=1S/C16H21N5O6/c1-9(14(17)23)19-15(24)10(2)20-16(25)13(18-8-22)7-11-3-5-12(6-4-11)21(26)27/h3-6,8-10,13H,7H2,1-2H3,(H2,17,23)(H,18,22)(H,19,24)(H,20,25)/t9-,10-,13-/m0/s1. The van der Waals surface area contributed by atoms with E-state index in [0.29, 0.717) is 12.0 Å². The number of amides is 4. The molecule has 5 N–H and O–H groups in total. The zero-order valence-corrected chi connectivity index (χ0v) is 14.8. The first-order valence-electron chi connectivity index (χ1n) is 7.98. The summed E-state index contributed by atoms with van der Waals surface area (Å²) in [5, 5.41) is 17.8. The van der Waals surface area contributed by atoms with E-state index < -0.39 is 40.8 Å². The molecule has 1 aromatic rings. The summed E-state index contributed by atoms with van der Waals surface area (Å²) in [7, 11) is 0. The van der Waals surface area contributed by atoms with E-state index in [1.807, 2.05) is 0 Å². The molecule has 1 rings (SSSR count). The minimum absolute atomic E-state index is 0.0641. The lowest BCUT2D eigenvalue weighted by atomic mass is 10.0. The van der Waals surface area contributed by atoms with E-state index in [4.69, 9.17) is 5.73 Å². The number of hydrogen-bond donors (Lipinski definition) is 4. The molecule has 0 saturated heterocycles. The Balaban J connectivity index is 2.74. The van der Waals surface area contributed by atoms with Crippen molar-refractivity contribution in [2.75, 3.05) is 0 Å². The Bertz CT molecular complexity index is 721. The summed E-state index contributed by atoms with van der Waals surface area (Å²) in [6.45, 7) is 2.81. The first-order valence-corrected chi connectivity index (χ1v) is 7.98. The third-order valence-electron chi connectivity index (χ3n) is 3.71. The van der Waals surface area contributed by atoms with E-state index >= 15 is 0 Å². The topological polar surface area (TPSA) is 174 Å². The molecular weight excluding hydrogens is 358 g/mol. The Morgan fingerprint density at radius 3 is 2.15 bits per heavy atom. The molecule has 146 valence electrons. The molecule has 4 amide bonds. The van der Waals surface area contributed by atoms with Gasteiger partial charge in [0.1, 0.15) is 18.1 Å². The van der Waals surface area contributed by atoms with Crippen molar-refractivity contribution in [1.29, 1.82) is 0 Å². The summed E-state index contributed by atoms with van der Waals surface area (Å²) in [5.41, 5.74) is 5.53. The zero-order valence-electron chi connectivity index (χ0n) is 14.8. The number of rotatable bonds is 10. The van der Waals surface area contributed by atoms with Gasteiger partial charge < -0.3 is 21.7 Å². The molecule has 0 aliphatic rings. The normalized spacial score (nSPS) is 13.6. The van der Waals surface area contributed by atoms with Gasteiger partial charge in [0.2, 0.25) is 24.1 Å². The van der Waals surface area contributed by atoms with Gasteiger partial charge in [-0.15, -0.1) is 0 Å². The Morgan fingerprint density at radius 2 is 1.67 bits per heavy atom. The fraction of sp³-hybridized carbons (Fsp3) is 0.375.